The van der Waals surface area contributed by atoms with Crippen molar-refractivity contribution in [3.05, 3.63) is 107 Å². The highest BCUT2D eigenvalue weighted by atomic mass is 16.1. The molecular weight excluding hydrogens is 400 g/mol. The summed E-state index contributed by atoms with van der Waals surface area (Å²) in [5, 5.41) is 0. The van der Waals surface area contributed by atoms with Gasteiger partial charge < -0.3 is 0 Å². The molecule has 5 aliphatic carbocycles. The number of hydrogen-bond donors (Lipinski definition) is 0. The highest BCUT2D eigenvalue weighted by molar-refractivity contribution is 5.99. The van der Waals surface area contributed by atoms with Crippen LogP contribution in [0.5, 0.6) is 0 Å². The van der Waals surface area contributed by atoms with Gasteiger partial charge in [-0.25, -0.2) is 0 Å². The highest BCUT2D eigenvalue weighted by Crippen LogP contribution is 2.42. The van der Waals surface area contributed by atoms with Crippen molar-refractivity contribution in [1.82, 2.24) is 0 Å². The van der Waals surface area contributed by atoms with Crippen molar-refractivity contribution in [2.24, 2.45) is 23.2 Å². The second-order valence-corrected chi connectivity index (χ2v) is 11.3. The Morgan fingerprint density at radius 2 is 1.88 bits per heavy atom. The lowest BCUT2D eigenvalue weighted by atomic mass is 9.70. The van der Waals surface area contributed by atoms with E-state index in [2.05, 4.69) is 69.0 Å². The zero-order valence-electron chi connectivity index (χ0n) is 20.1. The lowest BCUT2D eigenvalue weighted by Gasteiger charge is -2.35. The van der Waals surface area contributed by atoms with E-state index in [0.29, 0.717) is 17.8 Å². The third kappa shape index (κ3) is 4.98. The number of carbonyl (C=O) groups is 1. The molecule has 5 aliphatic rings. The maximum absolute atomic E-state index is 12.9. The molecule has 170 valence electrons. The number of hydrogen-bond acceptors (Lipinski definition) is 1. The molecule has 5 rings (SSSR count). The van der Waals surface area contributed by atoms with Gasteiger partial charge in [-0.3, -0.25) is 4.79 Å². The van der Waals surface area contributed by atoms with Gasteiger partial charge in [-0.1, -0.05) is 99.1 Å². The molecular formula is C32H36O. The summed E-state index contributed by atoms with van der Waals surface area (Å²) in [6, 6.07) is 0. The first-order valence-corrected chi connectivity index (χ1v) is 12.7. The van der Waals surface area contributed by atoms with Crippen molar-refractivity contribution in [3.63, 3.8) is 0 Å². The maximum Gasteiger partial charge on any atom is 0.163 e. The van der Waals surface area contributed by atoms with Crippen LogP contribution >= 0.6 is 0 Å². The Bertz CT molecular complexity index is 1110. The van der Waals surface area contributed by atoms with Crippen molar-refractivity contribution in [2.75, 3.05) is 0 Å². The molecule has 0 bridgehead atoms. The number of ketones is 1. The summed E-state index contributed by atoms with van der Waals surface area (Å²) >= 11 is 0. The largest absolute Gasteiger partial charge is 0.294 e. The molecule has 1 saturated carbocycles. The van der Waals surface area contributed by atoms with Crippen molar-refractivity contribution >= 4 is 5.78 Å². The molecule has 0 aliphatic heterocycles. The number of carbonyl (C=O) groups excluding carboxylic acids is 1. The van der Waals surface area contributed by atoms with Gasteiger partial charge in [-0.15, -0.1) is 0 Å². The van der Waals surface area contributed by atoms with E-state index < -0.39 is 0 Å². The molecule has 3 atom stereocenters. The summed E-state index contributed by atoms with van der Waals surface area (Å²) in [4.78, 5) is 12.9. The molecule has 0 amide bonds. The standard InChI is InChI=1S/C32H36O/c1-22-15-29(20-27-8-4-5-9-30(22)27)31(33)13-11-24-17-26-12-10-23(18-28(26)19-24)16-25-7-6-14-32(2,3)21-25/h4-5,8-10,12,15,17-20,25,28,30H,1,6-7,11,13-14,16,21H2,2-3H3. The predicted octanol–water partition coefficient (Wildman–Crippen LogP) is 8.09. The van der Waals surface area contributed by atoms with E-state index in [-0.39, 0.29) is 11.7 Å². The molecule has 1 fully saturated rings. The minimum atomic E-state index is 0.214. The summed E-state index contributed by atoms with van der Waals surface area (Å²) < 4.78 is 0. The first kappa shape index (κ1) is 22.1. The Morgan fingerprint density at radius 1 is 1.03 bits per heavy atom. The molecule has 1 heteroatoms. The fourth-order valence-electron chi connectivity index (χ4n) is 6.24. The van der Waals surface area contributed by atoms with E-state index >= 15 is 0 Å². The van der Waals surface area contributed by atoms with Crippen LogP contribution in [0.1, 0.15) is 58.8 Å². The van der Waals surface area contributed by atoms with Crippen LogP contribution in [0.4, 0.5) is 0 Å². The maximum atomic E-state index is 12.9. The Kier molecular flexibility index (Phi) is 5.99. The van der Waals surface area contributed by atoms with Crippen molar-refractivity contribution in [3.8, 4) is 0 Å². The van der Waals surface area contributed by atoms with E-state index in [1.165, 1.54) is 54.4 Å². The van der Waals surface area contributed by atoms with Crippen molar-refractivity contribution in [2.45, 2.75) is 58.8 Å². The first-order chi connectivity index (χ1) is 15.9. The molecule has 3 unspecified atom stereocenters. The average Bonchev–Trinajstić information content (AvgIpc) is 3.19. The lowest BCUT2D eigenvalue weighted by molar-refractivity contribution is -0.115. The molecule has 0 spiro atoms. The normalized spacial score (nSPS) is 29.5. The molecule has 0 heterocycles. The molecule has 1 nitrogen and oxygen atoms in total. The second-order valence-electron chi connectivity index (χ2n) is 11.3. The number of fused-ring (bicyclic) bond motifs is 2. The third-order valence-corrected chi connectivity index (χ3v) is 7.93. The van der Waals surface area contributed by atoms with Crippen LogP contribution in [0, 0.1) is 23.2 Å². The molecule has 33 heavy (non-hydrogen) atoms. The van der Waals surface area contributed by atoms with Crippen LogP contribution in [-0.4, -0.2) is 5.78 Å². The predicted molar refractivity (Wildman–Crippen MR) is 139 cm³/mol. The van der Waals surface area contributed by atoms with Gasteiger partial charge in [0.1, 0.15) is 0 Å². The van der Waals surface area contributed by atoms with Crippen molar-refractivity contribution < 1.29 is 4.79 Å². The average molecular weight is 437 g/mol. The summed E-state index contributed by atoms with van der Waals surface area (Å²) in [5.74, 6) is 1.65. The number of Topliss-reactive ketones (excluding diaryl/α,β-unsaturated/α-hetero) is 1. The molecule has 0 saturated heterocycles. The van der Waals surface area contributed by atoms with Crippen LogP contribution in [0.2, 0.25) is 0 Å². The molecule has 0 aromatic heterocycles. The van der Waals surface area contributed by atoms with E-state index in [9.17, 15) is 4.79 Å². The van der Waals surface area contributed by atoms with E-state index in [1.807, 2.05) is 18.2 Å². The molecule has 0 aromatic rings. The summed E-state index contributed by atoms with van der Waals surface area (Å²) in [6.07, 6.45) is 32.1. The number of rotatable bonds is 6. The first-order valence-electron chi connectivity index (χ1n) is 12.7. The van der Waals surface area contributed by atoms with Gasteiger partial charge in [0.25, 0.3) is 0 Å². The van der Waals surface area contributed by atoms with Crippen LogP contribution < -0.4 is 0 Å². The smallest absolute Gasteiger partial charge is 0.163 e. The summed E-state index contributed by atoms with van der Waals surface area (Å²) in [7, 11) is 0. The highest BCUT2D eigenvalue weighted by Gasteiger charge is 2.29. The van der Waals surface area contributed by atoms with Gasteiger partial charge in [0, 0.05) is 23.8 Å². The summed E-state index contributed by atoms with van der Waals surface area (Å²) in [6.45, 7) is 9.04. The van der Waals surface area contributed by atoms with Gasteiger partial charge >= 0.3 is 0 Å². The SMILES string of the molecule is C=C1C=C(C(=O)CCC2=CC3C=C(CC4CCCC(C)(C)C4)C=CC3=C2)C=C2C=CC=CC12. The van der Waals surface area contributed by atoms with Gasteiger partial charge in [-0.2, -0.15) is 0 Å². The van der Waals surface area contributed by atoms with E-state index in [1.54, 1.807) is 0 Å². The minimum absolute atomic E-state index is 0.214. The van der Waals surface area contributed by atoms with Gasteiger partial charge in [0.05, 0.1) is 0 Å². The van der Waals surface area contributed by atoms with Crippen LogP contribution in [0.15, 0.2) is 107 Å². The monoisotopic (exact) mass is 436 g/mol. The Hall–Kier alpha value is -2.67. The molecule has 0 aromatic carbocycles. The summed E-state index contributed by atoms with van der Waals surface area (Å²) in [5.41, 5.74) is 7.65. The van der Waals surface area contributed by atoms with Gasteiger partial charge in [0.15, 0.2) is 5.78 Å². The molecule has 0 N–H and O–H groups in total. The minimum Gasteiger partial charge on any atom is -0.294 e. The Balaban J connectivity index is 1.19. The fourth-order valence-corrected chi connectivity index (χ4v) is 6.24. The lowest BCUT2D eigenvalue weighted by Crippen LogP contribution is -2.23. The van der Waals surface area contributed by atoms with Crippen molar-refractivity contribution in [1.29, 1.82) is 0 Å². The van der Waals surface area contributed by atoms with Crippen LogP contribution in [0.25, 0.3) is 0 Å². The molecule has 0 radical (unpaired) electrons. The van der Waals surface area contributed by atoms with Crippen LogP contribution in [-0.2, 0) is 4.79 Å². The number of allylic oxidation sites excluding steroid dienone is 17. The van der Waals surface area contributed by atoms with E-state index in [0.717, 1.165) is 23.5 Å². The van der Waals surface area contributed by atoms with E-state index in [4.69, 9.17) is 0 Å². The van der Waals surface area contributed by atoms with Crippen LogP contribution in [0.3, 0.4) is 0 Å². The Morgan fingerprint density at radius 3 is 2.73 bits per heavy atom. The quantitative estimate of drug-likeness (QED) is 0.411. The topological polar surface area (TPSA) is 17.1 Å². The second kappa shape index (κ2) is 8.93. The zero-order chi connectivity index (χ0) is 23.0. The Labute approximate surface area is 199 Å². The fraction of sp³-hybridized carbons (Fsp3) is 0.406. The third-order valence-electron chi connectivity index (χ3n) is 7.93. The van der Waals surface area contributed by atoms with Gasteiger partial charge in [0.2, 0.25) is 0 Å². The zero-order valence-corrected chi connectivity index (χ0v) is 20.1. The van der Waals surface area contributed by atoms with Gasteiger partial charge in [-0.05, 0) is 65.9 Å².